The number of fused-ring (bicyclic) bond motifs is 1. The van der Waals surface area contributed by atoms with E-state index in [1.807, 2.05) is 0 Å². The van der Waals surface area contributed by atoms with Crippen LogP contribution in [0.1, 0.15) is 26.2 Å². The Labute approximate surface area is 236 Å². The number of hydrogen-bond acceptors (Lipinski definition) is 10. The minimum atomic E-state index is -3.15. The van der Waals surface area contributed by atoms with Crippen LogP contribution >= 0.6 is 0 Å². The predicted molar refractivity (Wildman–Crippen MR) is 145 cm³/mol. The second-order valence-electron chi connectivity index (χ2n) is 10.8. The fraction of sp³-hybridized carbons (Fsp3) is 0.615. The second kappa shape index (κ2) is 11.9. The number of ether oxygens (including phenoxy) is 2. The van der Waals surface area contributed by atoms with Crippen molar-refractivity contribution in [1.82, 2.24) is 29.7 Å². The Morgan fingerprint density at radius 1 is 1.10 bits per heavy atom. The topological polar surface area (TPSA) is 138 Å². The molecule has 3 aliphatic rings. The molecule has 2 N–H and O–H groups in total. The maximum absolute atomic E-state index is 15.0. The number of halogens is 2. The normalized spacial score (nSPS) is 25.3. The van der Waals surface area contributed by atoms with Crippen LogP contribution in [0.5, 0.6) is 5.88 Å². The molecule has 0 spiro atoms. The number of nitrogens with zero attached hydrogens (tertiary/aromatic N) is 7. The van der Waals surface area contributed by atoms with Crippen LogP contribution in [0.4, 0.5) is 36.0 Å². The van der Waals surface area contributed by atoms with Gasteiger partial charge in [0.15, 0.2) is 5.82 Å². The summed E-state index contributed by atoms with van der Waals surface area (Å²) in [5.41, 5.74) is 0. The second-order valence-corrected chi connectivity index (χ2v) is 10.8. The summed E-state index contributed by atoms with van der Waals surface area (Å²) < 4.78 is 40.8. The fourth-order valence-electron chi connectivity index (χ4n) is 5.85. The third kappa shape index (κ3) is 6.72. The van der Waals surface area contributed by atoms with Crippen LogP contribution in [0.25, 0.3) is 0 Å². The molecular weight excluding hydrogens is 540 g/mol. The number of urea groups is 1. The molecule has 0 radical (unpaired) electrons. The van der Waals surface area contributed by atoms with Crippen LogP contribution in [0.3, 0.4) is 0 Å². The van der Waals surface area contributed by atoms with Gasteiger partial charge in [-0.1, -0.05) is 0 Å². The average Bonchev–Trinajstić information content (AvgIpc) is 3.46. The van der Waals surface area contributed by atoms with E-state index in [4.69, 9.17) is 9.47 Å². The average molecular weight is 576 g/mol. The van der Waals surface area contributed by atoms with Crippen molar-refractivity contribution in [3.63, 3.8) is 0 Å². The van der Waals surface area contributed by atoms with Gasteiger partial charge in [0, 0.05) is 45.8 Å². The van der Waals surface area contributed by atoms with Gasteiger partial charge in [-0.15, -0.1) is 0 Å². The summed E-state index contributed by atoms with van der Waals surface area (Å²) in [5.74, 6) is -1.32. The molecule has 0 bridgehead atoms. The summed E-state index contributed by atoms with van der Waals surface area (Å²) in [4.78, 5) is 46.8. The number of nitrogens with one attached hydrogen (secondary N) is 2. The SMILES string of the molecule is CCOc1cnc(NC(=O)N(C)[C@H]2CN(c3nccc(NC(=O)OC4C[C@@H]5CN(C)C[C@@H]5C4)n3)CCC2(F)F)cn1. The van der Waals surface area contributed by atoms with Gasteiger partial charge in [0.25, 0.3) is 5.92 Å². The number of likely N-dealkylation sites (tertiary alicyclic amines) is 1. The molecule has 2 aromatic heterocycles. The molecule has 3 amide bonds. The minimum absolute atomic E-state index is 0.0312. The number of amides is 3. The van der Waals surface area contributed by atoms with Gasteiger partial charge in [-0.2, -0.15) is 4.98 Å². The highest BCUT2D eigenvalue weighted by Crippen LogP contribution is 2.39. The van der Waals surface area contributed by atoms with Crippen LogP contribution in [0.2, 0.25) is 0 Å². The van der Waals surface area contributed by atoms with Crippen molar-refractivity contribution >= 4 is 29.7 Å². The number of piperidine rings is 1. The Balaban J connectivity index is 1.18. The van der Waals surface area contributed by atoms with Crippen LogP contribution in [0, 0.1) is 11.8 Å². The largest absolute Gasteiger partial charge is 0.477 e. The monoisotopic (exact) mass is 575 g/mol. The number of anilines is 3. The van der Waals surface area contributed by atoms with Crippen LogP contribution < -0.4 is 20.3 Å². The molecule has 2 saturated heterocycles. The highest BCUT2D eigenvalue weighted by atomic mass is 19.3. The first-order valence-electron chi connectivity index (χ1n) is 13.7. The Bertz CT molecular complexity index is 1220. The number of likely N-dealkylation sites (N-methyl/N-ethyl adjacent to an activating group) is 1. The summed E-state index contributed by atoms with van der Waals surface area (Å²) in [5, 5.41) is 5.12. The molecule has 13 nitrogen and oxygen atoms in total. The van der Waals surface area contributed by atoms with Crippen molar-refractivity contribution < 1.29 is 27.8 Å². The molecule has 2 aromatic rings. The third-order valence-electron chi connectivity index (χ3n) is 7.86. The van der Waals surface area contributed by atoms with Crippen LogP contribution in [0.15, 0.2) is 24.7 Å². The molecule has 1 unspecified atom stereocenters. The van der Waals surface area contributed by atoms with Crippen molar-refractivity contribution in [2.24, 2.45) is 11.8 Å². The van der Waals surface area contributed by atoms with E-state index in [0.717, 1.165) is 30.8 Å². The van der Waals surface area contributed by atoms with E-state index in [1.54, 1.807) is 11.8 Å². The smallest absolute Gasteiger partial charge is 0.413 e. The lowest BCUT2D eigenvalue weighted by Gasteiger charge is -2.42. The molecule has 0 aromatic carbocycles. The number of alkyl halides is 2. The van der Waals surface area contributed by atoms with Crippen LogP contribution in [-0.2, 0) is 4.74 Å². The first-order valence-corrected chi connectivity index (χ1v) is 13.7. The maximum Gasteiger partial charge on any atom is 0.413 e. The van der Waals surface area contributed by atoms with Gasteiger partial charge in [-0.3, -0.25) is 10.6 Å². The molecule has 222 valence electrons. The predicted octanol–water partition coefficient (Wildman–Crippen LogP) is 2.93. The molecule has 1 saturated carbocycles. The van der Waals surface area contributed by atoms with E-state index in [0.29, 0.717) is 18.4 Å². The van der Waals surface area contributed by atoms with E-state index in [1.165, 1.54) is 31.7 Å². The Morgan fingerprint density at radius 3 is 2.54 bits per heavy atom. The summed E-state index contributed by atoms with van der Waals surface area (Å²) in [6.45, 7) is 3.98. The lowest BCUT2D eigenvalue weighted by Crippen LogP contribution is -2.60. The standard InChI is InChI=1S/C26H35F2N9O4/c1-4-40-22-12-30-21(11-31-22)33-24(38)36(3)19-15-37(8-6-26(19,27)28)23-29-7-5-20(32-23)34-25(39)41-18-9-16-13-35(2)14-17(16)10-18/h5,7,11-12,16-19H,4,6,8-10,13-15H2,1-3H3,(H,30,33,38)(H,29,32,34,39)/t16-,17+,18?,19-/m0/s1. The van der Waals surface area contributed by atoms with Crippen molar-refractivity contribution in [2.75, 3.05) is 62.4 Å². The molecule has 4 atom stereocenters. The zero-order chi connectivity index (χ0) is 29.1. The summed E-state index contributed by atoms with van der Waals surface area (Å²) in [6.07, 6.45) is 4.49. The molecule has 41 heavy (non-hydrogen) atoms. The molecular formula is C26H35F2N9O4. The molecule has 5 rings (SSSR count). The molecule has 1 aliphatic carbocycles. The molecule has 15 heteroatoms. The number of rotatable bonds is 7. The van der Waals surface area contributed by atoms with E-state index >= 15 is 0 Å². The highest BCUT2D eigenvalue weighted by molar-refractivity contribution is 5.88. The van der Waals surface area contributed by atoms with Gasteiger partial charge >= 0.3 is 12.1 Å². The van der Waals surface area contributed by atoms with Gasteiger partial charge in [-0.05, 0) is 44.7 Å². The zero-order valence-electron chi connectivity index (χ0n) is 23.3. The van der Waals surface area contributed by atoms with E-state index in [9.17, 15) is 18.4 Å². The van der Waals surface area contributed by atoms with E-state index in [2.05, 4.69) is 42.5 Å². The van der Waals surface area contributed by atoms with E-state index < -0.39 is 30.5 Å². The van der Waals surface area contributed by atoms with Gasteiger partial charge < -0.3 is 24.2 Å². The fourth-order valence-corrected chi connectivity index (χ4v) is 5.85. The van der Waals surface area contributed by atoms with Gasteiger partial charge in [0.05, 0.1) is 19.0 Å². The highest BCUT2D eigenvalue weighted by Gasteiger charge is 2.48. The lowest BCUT2D eigenvalue weighted by atomic mass is 10.00. The maximum atomic E-state index is 15.0. The summed E-state index contributed by atoms with van der Waals surface area (Å²) >= 11 is 0. The van der Waals surface area contributed by atoms with Gasteiger partial charge in [0.2, 0.25) is 11.8 Å². The minimum Gasteiger partial charge on any atom is -0.477 e. The first kappa shape index (κ1) is 28.6. The zero-order valence-corrected chi connectivity index (χ0v) is 23.3. The lowest BCUT2D eigenvalue weighted by molar-refractivity contribution is -0.0760. The number of carbonyl (C=O) groups excluding carboxylic acids is 2. The quantitative estimate of drug-likeness (QED) is 0.507. The summed E-state index contributed by atoms with van der Waals surface area (Å²) in [6, 6.07) is -0.731. The Morgan fingerprint density at radius 2 is 1.85 bits per heavy atom. The van der Waals surface area contributed by atoms with Crippen molar-refractivity contribution in [2.45, 2.75) is 44.3 Å². The summed E-state index contributed by atoms with van der Waals surface area (Å²) in [7, 11) is 3.40. The third-order valence-corrected chi connectivity index (χ3v) is 7.86. The molecule has 3 fully saturated rings. The van der Waals surface area contributed by atoms with Crippen molar-refractivity contribution in [1.29, 1.82) is 0 Å². The van der Waals surface area contributed by atoms with Gasteiger partial charge in [-0.25, -0.2) is 33.3 Å². The van der Waals surface area contributed by atoms with Crippen molar-refractivity contribution in [3.05, 3.63) is 24.7 Å². The molecule has 4 heterocycles. The first-order chi connectivity index (χ1) is 19.6. The van der Waals surface area contributed by atoms with Crippen LogP contribution in [-0.4, -0.2) is 107 Å². The van der Waals surface area contributed by atoms with E-state index in [-0.39, 0.29) is 42.7 Å². The van der Waals surface area contributed by atoms with Gasteiger partial charge in [0.1, 0.15) is 18.0 Å². The number of hydrogen-bond donors (Lipinski definition) is 2. The Hall–Kier alpha value is -3.88. The Kier molecular flexibility index (Phi) is 8.33. The van der Waals surface area contributed by atoms with Crippen molar-refractivity contribution in [3.8, 4) is 5.88 Å². The molecule has 2 aliphatic heterocycles. The number of aromatic nitrogens is 4. The number of carbonyl (C=O) groups is 2.